The quantitative estimate of drug-likeness (QED) is 0.305. The second-order valence-corrected chi connectivity index (χ2v) is 8.45. The van der Waals surface area contributed by atoms with Crippen molar-refractivity contribution in [1.82, 2.24) is 4.98 Å². The van der Waals surface area contributed by atoms with Crippen molar-refractivity contribution < 1.29 is 14.5 Å². The Morgan fingerprint density at radius 3 is 2.44 bits per heavy atom. The van der Waals surface area contributed by atoms with Crippen molar-refractivity contribution in [2.24, 2.45) is 0 Å². The highest BCUT2D eigenvalue weighted by molar-refractivity contribution is 5.93. The van der Waals surface area contributed by atoms with Crippen molar-refractivity contribution in [1.29, 1.82) is 0 Å². The number of nitro groups is 1. The number of anilines is 3. The standard InChI is InChI=1S/C27H25N5O4/c33-26(28-21-7-5-10-23(18-21)32(34)35)19-36-24-11-4-6-20-12-13-25(29-27(20)24)31-16-14-30(15-17-31)22-8-2-1-3-9-22/h1-13,18H,14-17,19H2,(H,28,33). The summed E-state index contributed by atoms with van der Waals surface area (Å²) in [6, 6.07) is 25.8. The highest BCUT2D eigenvalue weighted by atomic mass is 16.6. The molecule has 1 amide bonds. The van der Waals surface area contributed by atoms with Crippen molar-refractivity contribution in [3.63, 3.8) is 0 Å². The van der Waals surface area contributed by atoms with Gasteiger partial charge in [-0.1, -0.05) is 36.4 Å². The molecule has 1 aliphatic heterocycles. The minimum absolute atomic E-state index is 0.0934. The van der Waals surface area contributed by atoms with Gasteiger partial charge in [-0.2, -0.15) is 0 Å². The number of fused-ring (bicyclic) bond motifs is 1. The van der Waals surface area contributed by atoms with E-state index in [1.165, 1.54) is 23.9 Å². The summed E-state index contributed by atoms with van der Waals surface area (Å²) in [5, 5.41) is 14.5. The maximum Gasteiger partial charge on any atom is 0.271 e. The zero-order chi connectivity index (χ0) is 24.9. The molecule has 0 unspecified atom stereocenters. The molecule has 3 aromatic carbocycles. The molecule has 2 heterocycles. The number of aromatic nitrogens is 1. The molecule has 9 nitrogen and oxygen atoms in total. The maximum atomic E-state index is 12.4. The lowest BCUT2D eigenvalue weighted by Crippen LogP contribution is -2.46. The fraction of sp³-hybridized carbons (Fsp3) is 0.185. The zero-order valence-corrected chi connectivity index (χ0v) is 19.5. The summed E-state index contributed by atoms with van der Waals surface area (Å²) in [7, 11) is 0. The van der Waals surface area contributed by atoms with E-state index in [2.05, 4.69) is 39.4 Å². The van der Waals surface area contributed by atoms with E-state index in [9.17, 15) is 14.9 Å². The number of amides is 1. The van der Waals surface area contributed by atoms with Crippen molar-refractivity contribution in [2.45, 2.75) is 0 Å². The van der Waals surface area contributed by atoms with E-state index in [0.29, 0.717) is 17.0 Å². The van der Waals surface area contributed by atoms with Gasteiger partial charge in [-0.25, -0.2) is 4.98 Å². The fourth-order valence-electron chi connectivity index (χ4n) is 4.27. The van der Waals surface area contributed by atoms with Gasteiger partial charge >= 0.3 is 0 Å². The van der Waals surface area contributed by atoms with E-state index in [1.54, 1.807) is 12.1 Å². The molecule has 0 spiro atoms. The Balaban J connectivity index is 1.25. The van der Waals surface area contributed by atoms with Crippen LogP contribution in [0.2, 0.25) is 0 Å². The van der Waals surface area contributed by atoms with Crippen LogP contribution in [0.1, 0.15) is 0 Å². The van der Waals surface area contributed by atoms with Crippen LogP contribution in [0.25, 0.3) is 10.9 Å². The van der Waals surface area contributed by atoms with Gasteiger partial charge in [-0.05, 0) is 36.4 Å². The molecule has 5 rings (SSSR count). The summed E-state index contributed by atoms with van der Waals surface area (Å²) in [5.41, 5.74) is 2.15. The van der Waals surface area contributed by atoms with Crippen molar-refractivity contribution in [2.75, 3.05) is 47.9 Å². The van der Waals surface area contributed by atoms with Crippen molar-refractivity contribution in [3.8, 4) is 5.75 Å². The molecule has 9 heteroatoms. The van der Waals surface area contributed by atoms with E-state index in [-0.39, 0.29) is 12.3 Å². The van der Waals surface area contributed by atoms with Gasteiger partial charge in [0.05, 0.1) is 4.92 Å². The van der Waals surface area contributed by atoms with Gasteiger partial charge < -0.3 is 19.9 Å². The summed E-state index contributed by atoms with van der Waals surface area (Å²) in [4.78, 5) is 32.4. The van der Waals surface area contributed by atoms with Gasteiger partial charge in [0.15, 0.2) is 6.61 Å². The van der Waals surface area contributed by atoms with Crippen LogP contribution < -0.4 is 19.9 Å². The normalized spacial score (nSPS) is 13.4. The number of benzene rings is 3. The molecule has 0 aliphatic carbocycles. The van der Waals surface area contributed by atoms with Gasteiger partial charge in [-0.15, -0.1) is 0 Å². The van der Waals surface area contributed by atoms with Crippen LogP contribution in [0.3, 0.4) is 0 Å². The molecule has 1 saturated heterocycles. The number of carbonyl (C=O) groups is 1. The van der Waals surface area contributed by atoms with E-state index in [1.807, 2.05) is 30.3 Å². The molecule has 0 saturated carbocycles. The predicted molar refractivity (Wildman–Crippen MR) is 140 cm³/mol. The number of piperazine rings is 1. The Morgan fingerprint density at radius 1 is 0.917 bits per heavy atom. The first-order chi connectivity index (χ1) is 17.6. The number of nitrogens with zero attached hydrogens (tertiary/aromatic N) is 4. The van der Waals surface area contributed by atoms with Crippen molar-refractivity contribution >= 4 is 39.7 Å². The molecule has 1 aromatic heterocycles. The van der Waals surface area contributed by atoms with Crippen LogP contribution in [0, 0.1) is 10.1 Å². The minimum atomic E-state index is -0.507. The van der Waals surface area contributed by atoms with Gasteiger partial charge in [0.2, 0.25) is 0 Å². The monoisotopic (exact) mass is 483 g/mol. The first kappa shape index (κ1) is 23.1. The molecule has 36 heavy (non-hydrogen) atoms. The van der Waals surface area contributed by atoms with Gasteiger partial charge in [0.25, 0.3) is 11.6 Å². The molecular formula is C27H25N5O4. The Hall–Kier alpha value is -4.66. The number of hydrogen-bond acceptors (Lipinski definition) is 7. The number of para-hydroxylation sites is 2. The largest absolute Gasteiger partial charge is 0.481 e. The molecule has 0 bridgehead atoms. The number of nitro benzene ring substituents is 1. The number of pyridine rings is 1. The smallest absolute Gasteiger partial charge is 0.271 e. The molecule has 1 aliphatic rings. The first-order valence-corrected chi connectivity index (χ1v) is 11.7. The number of ether oxygens (including phenoxy) is 1. The summed E-state index contributed by atoms with van der Waals surface area (Å²) < 4.78 is 5.81. The summed E-state index contributed by atoms with van der Waals surface area (Å²) >= 11 is 0. The van der Waals surface area contributed by atoms with Crippen LogP contribution in [0.5, 0.6) is 5.75 Å². The lowest BCUT2D eigenvalue weighted by molar-refractivity contribution is -0.384. The second-order valence-electron chi connectivity index (χ2n) is 8.45. The van der Waals surface area contributed by atoms with E-state index in [0.717, 1.165) is 37.4 Å². The Labute approximate surface area is 208 Å². The van der Waals surface area contributed by atoms with Crippen LogP contribution in [-0.2, 0) is 4.79 Å². The van der Waals surface area contributed by atoms with E-state index >= 15 is 0 Å². The Morgan fingerprint density at radius 2 is 1.67 bits per heavy atom. The average molecular weight is 484 g/mol. The Bertz CT molecular complexity index is 1390. The lowest BCUT2D eigenvalue weighted by atomic mass is 10.2. The summed E-state index contributed by atoms with van der Waals surface area (Å²) in [6.45, 7) is 3.26. The van der Waals surface area contributed by atoms with Crippen molar-refractivity contribution in [3.05, 3.63) is 95.0 Å². The molecule has 1 N–H and O–H groups in total. The van der Waals surface area contributed by atoms with Gasteiger partial charge in [0, 0.05) is 55.1 Å². The predicted octanol–water partition coefficient (Wildman–Crippen LogP) is 4.49. The molecule has 0 radical (unpaired) electrons. The number of hydrogen-bond donors (Lipinski definition) is 1. The van der Waals surface area contributed by atoms with E-state index in [4.69, 9.17) is 9.72 Å². The average Bonchev–Trinajstić information content (AvgIpc) is 2.92. The number of carbonyl (C=O) groups excluding carboxylic acids is 1. The molecule has 0 atom stereocenters. The van der Waals surface area contributed by atoms with Gasteiger partial charge in [0.1, 0.15) is 17.1 Å². The number of non-ortho nitro benzene ring substituents is 1. The lowest BCUT2D eigenvalue weighted by Gasteiger charge is -2.36. The first-order valence-electron chi connectivity index (χ1n) is 11.7. The third kappa shape index (κ3) is 5.20. The van der Waals surface area contributed by atoms with Crippen LogP contribution in [0.4, 0.5) is 22.9 Å². The molecule has 1 fully saturated rings. The Kier molecular flexibility index (Phi) is 6.61. The molecule has 4 aromatic rings. The highest BCUT2D eigenvalue weighted by Gasteiger charge is 2.19. The summed E-state index contributed by atoms with van der Waals surface area (Å²) in [5.74, 6) is 0.958. The fourth-order valence-corrected chi connectivity index (χ4v) is 4.27. The second kappa shape index (κ2) is 10.3. The minimum Gasteiger partial charge on any atom is -0.481 e. The maximum absolute atomic E-state index is 12.4. The van der Waals surface area contributed by atoms with E-state index < -0.39 is 10.8 Å². The number of rotatable bonds is 7. The molecule has 182 valence electrons. The zero-order valence-electron chi connectivity index (χ0n) is 19.5. The summed E-state index contributed by atoms with van der Waals surface area (Å²) in [6.07, 6.45) is 0. The third-order valence-corrected chi connectivity index (χ3v) is 6.09. The topological polar surface area (TPSA) is 101 Å². The highest BCUT2D eigenvalue weighted by Crippen LogP contribution is 2.28. The van der Waals surface area contributed by atoms with Crippen LogP contribution >= 0.6 is 0 Å². The SMILES string of the molecule is O=C(COc1cccc2ccc(N3CCN(c4ccccc4)CC3)nc12)Nc1cccc([N+](=O)[O-])c1. The van der Waals surface area contributed by atoms with Crippen LogP contribution in [0.15, 0.2) is 84.9 Å². The third-order valence-electron chi connectivity index (χ3n) is 6.09. The van der Waals surface area contributed by atoms with Crippen LogP contribution in [-0.4, -0.2) is 48.6 Å². The molecular weight excluding hydrogens is 458 g/mol. The number of nitrogens with one attached hydrogen (secondary N) is 1. The van der Waals surface area contributed by atoms with Gasteiger partial charge in [-0.3, -0.25) is 14.9 Å².